The Morgan fingerprint density at radius 1 is 1.00 bits per heavy atom. The van der Waals surface area contributed by atoms with Crippen molar-refractivity contribution in [3.05, 3.63) is 60.2 Å². The zero-order chi connectivity index (χ0) is 14.7. The Morgan fingerprint density at radius 3 is 2.10 bits per heavy atom. The second-order valence-corrected chi connectivity index (χ2v) is 6.19. The maximum absolute atomic E-state index is 10.9. The Morgan fingerprint density at radius 2 is 1.57 bits per heavy atom. The van der Waals surface area contributed by atoms with Crippen LogP contribution in [-0.2, 0) is 10.5 Å². The van der Waals surface area contributed by atoms with Gasteiger partial charge in [0, 0.05) is 5.75 Å². The van der Waals surface area contributed by atoms with Crippen LogP contribution < -0.4 is 0 Å². The maximum atomic E-state index is 10.9. The van der Waals surface area contributed by atoms with Gasteiger partial charge in [0.15, 0.2) is 0 Å². The third-order valence-corrected chi connectivity index (χ3v) is 4.80. The molecule has 0 aliphatic rings. The highest BCUT2D eigenvalue weighted by Gasteiger charge is 2.11. The van der Waals surface area contributed by atoms with Gasteiger partial charge in [-0.25, -0.2) is 0 Å². The van der Waals surface area contributed by atoms with Gasteiger partial charge in [-0.1, -0.05) is 48.5 Å². The van der Waals surface area contributed by atoms with E-state index in [0.717, 1.165) is 6.29 Å². The predicted octanol–water partition coefficient (Wildman–Crippen LogP) is 3.79. The predicted molar refractivity (Wildman–Crippen MR) is 89.7 cm³/mol. The minimum atomic E-state index is -0.359. The third kappa shape index (κ3) is 2.80. The van der Waals surface area contributed by atoms with Crippen molar-refractivity contribution < 1.29 is 9.90 Å². The second-order valence-electron chi connectivity index (χ2n) is 4.97. The van der Waals surface area contributed by atoms with Gasteiger partial charge >= 0.3 is 0 Å². The first-order valence-electron chi connectivity index (χ1n) is 6.90. The highest BCUT2D eigenvalue weighted by Crippen LogP contribution is 2.31. The first-order valence-corrected chi connectivity index (χ1v) is 7.95. The Labute approximate surface area is 127 Å². The SMILES string of the molecule is O=CC(CO)SCc1c2ccccc2cc2ccccc12. The molecule has 0 heterocycles. The number of hydrogen-bond acceptors (Lipinski definition) is 3. The van der Waals surface area contributed by atoms with E-state index in [0.29, 0.717) is 5.75 Å². The van der Waals surface area contributed by atoms with Crippen LogP contribution in [0.3, 0.4) is 0 Å². The molecule has 0 aliphatic carbocycles. The summed E-state index contributed by atoms with van der Waals surface area (Å²) in [5.74, 6) is 0.714. The molecule has 0 saturated heterocycles. The van der Waals surface area contributed by atoms with E-state index in [4.69, 9.17) is 0 Å². The summed E-state index contributed by atoms with van der Waals surface area (Å²) in [6.45, 7) is -0.114. The smallest absolute Gasteiger partial charge is 0.135 e. The molecule has 106 valence electrons. The number of carbonyl (C=O) groups is 1. The fourth-order valence-corrected chi connectivity index (χ4v) is 3.46. The van der Waals surface area contributed by atoms with E-state index < -0.39 is 0 Å². The lowest BCUT2D eigenvalue weighted by Gasteiger charge is -2.13. The lowest BCUT2D eigenvalue weighted by atomic mass is 9.98. The van der Waals surface area contributed by atoms with Crippen LogP contribution in [0.4, 0.5) is 0 Å². The molecule has 0 fully saturated rings. The van der Waals surface area contributed by atoms with Crippen molar-refractivity contribution in [2.24, 2.45) is 0 Å². The molecule has 3 rings (SSSR count). The molecule has 0 bridgehead atoms. The number of aliphatic hydroxyl groups excluding tert-OH is 1. The number of carbonyl (C=O) groups excluding carboxylic acids is 1. The molecule has 1 unspecified atom stereocenters. The van der Waals surface area contributed by atoms with Gasteiger partial charge in [-0.05, 0) is 33.2 Å². The van der Waals surface area contributed by atoms with E-state index in [9.17, 15) is 9.90 Å². The summed E-state index contributed by atoms with van der Waals surface area (Å²) in [5.41, 5.74) is 1.23. The average molecular weight is 296 g/mol. The minimum absolute atomic E-state index is 0.114. The van der Waals surface area contributed by atoms with Gasteiger partial charge in [-0.15, -0.1) is 11.8 Å². The van der Waals surface area contributed by atoms with Gasteiger partial charge in [-0.3, -0.25) is 0 Å². The Balaban J connectivity index is 2.13. The van der Waals surface area contributed by atoms with Crippen LogP contribution in [0.1, 0.15) is 5.56 Å². The van der Waals surface area contributed by atoms with Crippen molar-refractivity contribution in [3.8, 4) is 0 Å². The topological polar surface area (TPSA) is 37.3 Å². The number of hydrogen-bond donors (Lipinski definition) is 1. The van der Waals surface area contributed by atoms with Crippen molar-refractivity contribution in [1.29, 1.82) is 0 Å². The number of aldehydes is 1. The van der Waals surface area contributed by atoms with Gasteiger partial charge in [0.1, 0.15) is 6.29 Å². The van der Waals surface area contributed by atoms with Crippen LogP contribution >= 0.6 is 11.8 Å². The Hall–Kier alpha value is -1.84. The molecule has 1 N–H and O–H groups in total. The molecule has 3 aromatic rings. The first-order chi connectivity index (χ1) is 10.3. The quantitative estimate of drug-likeness (QED) is 0.575. The molecule has 0 aliphatic heterocycles. The average Bonchev–Trinajstić information content (AvgIpc) is 2.54. The van der Waals surface area contributed by atoms with E-state index in [1.807, 2.05) is 24.3 Å². The van der Waals surface area contributed by atoms with Crippen molar-refractivity contribution in [1.82, 2.24) is 0 Å². The minimum Gasteiger partial charge on any atom is -0.395 e. The van der Waals surface area contributed by atoms with E-state index in [1.165, 1.54) is 38.9 Å². The zero-order valence-electron chi connectivity index (χ0n) is 11.5. The van der Waals surface area contributed by atoms with Gasteiger partial charge < -0.3 is 9.90 Å². The van der Waals surface area contributed by atoms with Crippen LogP contribution in [0.2, 0.25) is 0 Å². The first kappa shape index (κ1) is 14.1. The fourth-order valence-electron chi connectivity index (χ4n) is 2.59. The van der Waals surface area contributed by atoms with E-state index in [-0.39, 0.29) is 11.9 Å². The highest BCUT2D eigenvalue weighted by molar-refractivity contribution is 7.99. The lowest BCUT2D eigenvalue weighted by molar-refractivity contribution is -0.107. The molecule has 0 amide bonds. The van der Waals surface area contributed by atoms with Crippen molar-refractivity contribution in [2.45, 2.75) is 11.0 Å². The third-order valence-electron chi connectivity index (χ3n) is 3.66. The summed E-state index contributed by atoms with van der Waals surface area (Å²) >= 11 is 1.49. The molecule has 0 aromatic heterocycles. The zero-order valence-corrected chi connectivity index (χ0v) is 12.3. The summed E-state index contributed by atoms with van der Waals surface area (Å²) in [6.07, 6.45) is 0.817. The molecular weight excluding hydrogens is 280 g/mol. The highest BCUT2D eigenvalue weighted by atomic mass is 32.2. The standard InChI is InChI=1S/C18H16O2S/c19-10-15(11-20)21-12-18-16-7-3-1-5-13(16)9-14-6-2-4-8-17(14)18/h1-10,15,20H,11-12H2. The molecular formula is C18H16O2S. The van der Waals surface area contributed by atoms with Crippen LogP contribution in [0.5, 0.6) is 0 Å². The van der Waals surface area contributed by atoms with Crippen molar-refractivity contribution >= 4 is 39.6 Å². The summed E-state index contributed by atoms with van der Waals surface area (Å²) in [7, 11) is 0. The summed E-state index contributed by atoms with van der Waals surface area (Å²) in [5, 5.41) is 13.7. The molecule has 0 spiro atoms. The summed E-state index contributed by atoms with van der Waals surface area (Å²) < 4.78 is 0. The largest absolute Gasteiger partial charge is 0.395 e. The van der Waals surface area contributed by atoms with Crippen molar-refractivity contribution in [3.63, 3.8) is 0 Å². The number of fused-ring (bicyclic) bond motifs is 2. The summed E-state index contributed by atoms with van der Waals surface area (Å²) in [6, 6.07) is 18.8. The molecule has 0 saturated carbocycles. The lowest BCUT2D eigenvalue weighted by Crippen LogP contribution is -2.10. The summed E-state index contributed by atoms with van der Waals surface area (Å²) in [4.78, 5) is 10.9. The van der Waals surface area contributed by atoms with E-state index in [2.05, 4.69) is 30.3 Å². The van der Waals surface area contributed by atoms with Crippen molar-refractivity contribution in [2.75, 3.05) is 6.61 Å². The molecule has 1 atom stereocenters. The maximum Gasteiger partial charge on any atom is 0.135 e. The van der Waals surface area contributed by atoms with Gasteiger partial charge in [0.25, 0.3) is 0 Å². The monoisotopic (exact) mass is 296 g/mol. The van der Waals surface area contributed by atoms with E-state index >= 15 is 0 Å². The number of thioether (sulfide) groups is 1. The number of benzene rings is 3. The fraction of sp³-hybridized carbons (Fsp3) is 0.167. The Kier molecular flexibility index (Phi) is 4.23. The van der Waals surface area contributed by atoms with Gasteiger partial charge in [0.2, 0.25) is 0 Å². The number of rotatable bonds is 5. The number of aliphatic hydroxyl groups is 1. The van der Waals surface area contributed by atoms with Crippen LogP contribution in [0.25, 0.3) is 21.5 Å². The van der Waals surface area contributed by atoms with Gasteiger partial charge in [0.05, 0.1) is 11.9 Å². The molecule has 3 aromatic carbocycles. The van der Waals surface area contributed by atoms with E-state index in [1.54, 1.807) is 0 Å². The van der Waals surface area contributed by atoms with Crippen LogP contribution in [-0.4, -0.2) is 23.2 Å². The molecule has 0 radical (unpaired) electrons. The molecule has 2 nitrogen and oxygen atoms in total. The molecule has 3 heteroatoms. The van der Waals surface area contributed by atoms with Crippen LogP contribution in [0, 0.1) is 0 Å². The Bertz CT molecular complexity index is 728. The normalized spacial score (nSPS) is 12.6. The van der Waals surface area contributed by atoms with Gasteiger partial charge in [-0.2, -0.15) is 0 Å². The second kappa shape index (κ2) is 6.29. The molecule has 21 heavy (non-hydrogen) atoms. The van der Waals surface area contributed by atoms with Crippen LogP contribution in [0.15, 0.2) is 54.6 Å².